The van der Waals surface area contributed by atoms with E-state index >= 15 is 0 Å². The van der Waals surface area contributed by atoms with Crippen molar-refractivity contribution < 1.29 is 23.4 Å². The highest BCUT2D eigenvalue weighted by atomic mass is 16.5. The summed E-state index contributed by atoms with van der Waals surface area (Å²) in [5, 5.41) is 1.09. The molecule has 0 spiro atoms. The molecule has 2 aromatic carbocycles. The summed E-state index contributed by atoms with van der Waals surface area (Å²) in [5.74, 6) is 1.38. The molecule has 1 aromatic heterocycles. The highest BCUT2D eigenvalue weighted by Gasteiger charge is 2.13. The summed E-state index contributed by atoms with van der Waals surface area (Å²) in [6.07, 6.45) is 0. The van der Waals surface area contributed by atoms with Gasteiger partial charge in [-0.2, -0.15) is 0 Å². The van der Waals surface area contributed by atoms with E-state index in [1.165, 1.54) is 0 Å². The number of rotatable bonds is 8. The van der Waals surface area contributed by atoms with Crippen molar-refractivity contribution in [3.8, 4) is 11.5 Å². The van der Waals surface area contributed by atoms with Crippen molar-refractivity contribution >= 4 is 21.9 Å². The Bertz CT molecular complexity index is 1050. The van der Waals surface area contributed by atoms with Gasteiger partial charge in [-0.1, -0.05) is 0 Å². The van der Waals surface area contributed by atoms with Gasteiger partial charge in [-0.15, -0.1) is 0 Å². The Morgan fingerprint density at radius 3 is 1.61 bits per heavy atom. The Balaban J connectivity index is 1.26. The van der Waals surface area contributed by atoms with Gasteiger partial charge >= 0.3 is 0 Å². The number of nitrogens with zero attached hydrogens (tertiary/aromatic N) is 2. The number of morpholine rings is 2. The van der Waals surface area contributed by atoms with Crippen LogP contribution < -0.4 is 14.9 Å². The van der Waals surface area contributed by atoms with E-state index in [0.29, 0.717) is 46.7 Å². The molecular weight excluding hydrogens is 424 g/mol. The van der Waals surface area contributed by atoms with Crippen LogP contribution in [0.3, 0.4) is 0 Å². The number of benzene rings is 2. The molecule has 33 heavy (non-hydrogen) atoms. The van der Waals surface area contributed by atoms with Gasteiger partial charge in [0.25, 0.3) is 0 Å². The zero-order valence-electron chi connectivity index (χ0n) is 18.8. The lowest BCUT2D eigenvalue weighted by molar-refractivity contribution is 0.0322. The molecule has 8 heteroatoms. The summed E-state index contributed by atoms with van der Waals surface area (Å²) in [7, 11) is 0. The van der Waals surface area contributed by atoms with E-state index in [2.05, 4.69) is 9.80 Å². The molecule has 3 aromatic rings. The second-order valence-electron chi connectivity index (χ2n) is 8.35. The second kappa shape index (κ2) is 10.5. The van der Waals surface area contributed by atoms with Crippen molar-refractivity contribution in [1.82, 2.24) is 9.80 Å². The van der Waals surface area contributed by atoms with Crippen molar-refractivity contribution in [2.75, 3.05) is 78.9 Å². The molecule has 0 N–H and O–H groups in total. The SMILES string of the molecule is O=c1c2ccc(OCCN3CCOCC3)cc2oc2cc(OCCN3CCOCC3)ccc12. The summed E-state index contributed by atoms with van der Waals surface area (Å²) >= 11 is 0. The third-order valence-electron chi connectivity index (χ3n) is 6.18. The molecule has 0 amide bonds. The van der Waals surface area contributed by atoms with E-state index in [9.17, 15) is 4.79 Å². The standard InChI is InChI=1S/C25H30N2O6/c28-25-21-3-1-19(31-15-9-26-5-11-29-12-6-26)17-23(21)33-24-18-20(2-4-22(24)25)32-16-10-27-7-13-30-14-8-27/h1-4,17-18H,5-16H2. The largest absolute Gasteiger partial charge is 0.492 e. The van der Waals surface area contributed by atoms with Gasteiger partial charge in [0.05, 0.1) is 37.2 Å². The molecule has 0 saturated carbocycles. The van der Waals surface area contributed by atoms with Gasteiger partial charge in [0, 0.05) is 51.4 Å². The molecule has 0 aliphatic carbocycles. The lowest BCUT2D eigenvalue weighted by Crippen LogP contribution is -2.38. The van der Waals surface area contributed by atoms with Crippen molar-refractivity contribution in [3.05, 3.63) is 46.6 Å². The topological polar surface area (TPSA) is 73.6 Å². The third kappa shape index (κ3) is 5.47. The maximum atomic E-state index is 13.0. The van der Waals surface area contributed by atoms with Crippen LogP contribution in [0.15, 0.2) is 45.6 Å². The van der Waals surface area contributed by atoms with Crippen molar-refractivity contribution in [3.63, 3.8) is 0 Å². The normalized spacial score (nSPS) is 18.1. The molecule has 0 unspecified atom stereocenters. The fourth-order valence-electron chi connectivity index (χ4n) is 4.23. The summed E-state index contributed by atoms with van der Waals surface area (Å²) in [6.45, 7) is 9.63. The first kappa shape index (κ1) is 22.2. The number of hydrogen-bond acceptors (Lipinski definition) is 8. The average Bonchev–Trinajstić information content (AvgIpc) is 2.85. The Kier molecular flexibility index (Phi) is 7.06. The monoisotopic (exact) mass is 454 g/mol. The molecule has 8 nitrogen and oxygen atoms in total. The lowest BCUT2D eigenvalue weighted by Gasteiger charge is -2.26. The van der Waals surface area contributed by atoms with Crippen LogP contribution in [-0.2, 0) is 9.47 Å². The van der Waals surface area contributed by atoms with Crippen molar-refractivity contribution in [2.45, 2.75) is 0 Å². The zero-order chi connectivity index (χ0) is 22.5. The number of ether oxygens (including phenoxy) is 4. The highest BCUT2D eigenvalue weighted by Crippen LogP contribution is 2.25. The maximum absolute atomic E-state index is 13.0. The fourth-order valence-corrected chi connectivity index (χ4v) is 4.23. The van der Waals surface area contributed by atoms with Crippen LogP contribution in [-0.4, -0.2) is 88.7 Å². The second-order valence-corrected chi connectivity index (χ2v) is 8.35. The van der Waals surface area contributed by atoms with Crippen LogP contribution in [0.1, 0.15) is 0 Å². The van der Waals surface area contributed by atoms with Crippen LogP contribution in [0.4, 0.5) is 0 Å². The molecule has 2 aliphatic rings. The van der Waals surface area contributed by atoms with E-state index in [1.807, 2.05) is 12.1 Å². The molecule has 0 bridgehead atoms. The predicted molar refractivity (Wildman–Crippen MR) is 125 cm³/mol. The molecule has 3 heterocycles. The summed E-state index contributed by atoms with van der Waals surface area (Å²) in [5.41, 5.74) is 0.981. The average molecular weight is 455 g/mol. The molecule has 5 rings (SSSR count). The minimum Gasteiger partial charge on any atom is -0.492 e. The van der Waals surface area contributed by atoms with E-state index in [0.717, 1.165) is 65.7 Å². The van der Waals surface area contributed by atoms with E-state index < -0.39 is 0 Å². The van der Waals surface area contributed by atoms with E-state index in [4.69, 9.17) is 23.4 Å². The van der Waals surface area contributed by atoms with Crippen LogP contribution in [0.25, 0.3) is 21.9 Å². The van der Waals surface area contributed by atoms with E-state index in [1.54, 1.807) is 24.3 Å². The molecular formula is C25H30N2O6. The van der Waals surface area contributed by atoms with Gasteiger partial charge in [-0.25, -0.2) is 0 Å². The van der Waals surface area contributed by atoms with Gasteiger partial charge in [0.15, 0.2) is 0 Å². The molecule has 2 saturated heterocycles. The van der Waals surface area contributed by atoms with Gasteiger partial charge in [-0.05, 0) is 24.3 Å². The van der Waals surface area contributed by atoms with Gasteiger partial charge in [0.1, 0.15) is 35.9 Å². The molecule has 0 atom stereocenters. The Labute approximate surface area is 192 Å². The van der Waals surface area contributed by atoms with Crippen LogP contribution in [0, 0.1) is 0 Å². The summed E-state index contributed by atoms with van der Waals surface area (Å²) in [4.78, 5) is 17.6. The van der Waals surface area contributed by atoms with Gasteiger partial charge < -0.3 is 23.4 Å². The number of hydrogen-bond donors (Lipinski definition) is 0. The minimum atomic E-state index is -0.0500. The Morgan fingerprint density at radius 1 is 0.697 bits per heavy atom. The minimum absolute atomic E-state index is 0.0500. The lowest BCUT2D eigenvalue weighted by atomic mass is 10.1. The molecule has 2 fully saturated rings. The van der Waals surface area contributed by atoms with Gasteiger partial charge in [-0.3, -0.25) is 14.6 Å². The first-order valence-electron chi connectivity index (χ1n) is 11.6. The fraction of sp³-hybridized carbons (Fsp3) is 0.480. The predicted octanol–water partition coefficient (Wildman–Crippen LogP) is 2.37. The van der Waals surface area contributed by atoms with E-state index in [-0.39, 0.29) is 5.43 Å². The van der Waals surface area contributed by atoms with Crippen LogP contribution in [0.2, 0.25) is 0 Å². The summed E-state index contributed by atoms with van der Waals surface area (Å²) < 4.78 is 28.7. The first-order valence-corrected chi connectivity index (χ1v) is 11.6. The van der Waals surface area contributed by atoms with Crippen molar-refractivity contribution in [2.24, 2.45) is 0 Å². The van der Waals surface area contributed by atoms with Crippen LogP contribution in [0.5, 0.6) is 11.5 Å². The molecule has 176 valence electrons. The quantitative estimate of drug-likeness (QED) is 0.481. The summed E-state index contributed by atoms with van der Waals surface area (Å²) in [6, 6.07) is 10.8. The van der Waals surface area contributed by atoms with Crippen molar-refractivity contribution in [1.29, 1.82) is 0 Å². The smallest absolute Gasteiger partial charge is 0.200 e. The van der Waals surface area contributed by atoms with Crippen LogP contribution >= 0.6 is 0 Å². The van der Waals surface area contributed by atoms with Gasteiger partial charge in [0.2, 0.25) is 5.43 Å². The highest BCUT2D eigenvalue weighted by molar-refractivity contribution is 5.90. The molecule has 2 aliphatic heterocycles. The number of fused-ring (bicyclic) bond motifs is 2. The first-order chi connectivity index (χ1) is 16.3. The third-order valence-corrected chi connectivity index (χ3v) is 6.18. The molecule has 0 radical (unpaired) electrons. The Morgan fingerprint density at radius 2 is 1.15 bits per heavy atom. The maximum Gasteiger partial charge on any atom is 0.200 e. The zero-order valence-corrected chi connectivity index (χ0v) is 18.8. The Hall–Kier alpha value is -2.65.